The van der Waals surface area contributed by atoms with Crippen LogP contribution in [-0.4, -0.2) is 11.0 Å². The number of hydrogen-bond acceptors (Lipinski definition) is 4. The first-order valence-corrected chi connectivity index (χ1v) is 5.81. The van der Waals surface area contributed by atoms with Crippen LogP contribution in [0.4, 0.5) is 16.2 Å². The standard InChI is InChI=1S/C12H14N2O4/c1-3-12(4-2)9-7-8(14(16)17)5-6-10(9)13-11(15)18-12/h5-7H,3-4H2,1-2H3,(H,13,15). The van der Waals surface area contributed by atoms with Crippen molar-refractivity contribution < 1.29 is 14.5 Å². The molecule has 6 heteroatoms. The molecular formula is C12H14N2O4. The molecule has 1 N–H and O–H groups in total. The molecule has 18 heavy (non-hydrogen) atoms. The highest BCUT2D eigenvalue weighted by Gasteiger charge is 2.40. The number of benzene rings is 1. The van der Waals surface area contributed by atoms with Crippen molar-refractivity contribution in [3.05, 3.63) is 33.9 Å². The molecule has 0 radical (unpaired) electrons. The first-order chi connectivity index (χ1) is 8.52. The summed E-state index contributed by atoms with van der Waals surface area (Å²) in [6.45, 7) is 3.79. The second kappa shape index (κ2) is 4.29. The van der Waals surface area contributed by atoms with Crippen LogP contribution in [0.2, 0.25) is 0 Å². The second-order valence-electron chi connectivity index (χ2n) is 4.20. The van der Waals surface area contributed by atoms with Crippen LogP contribution in [0, 0.1) is 10.1 Å². The molecule has 0 aromatic heterocycles. The molecule has 1 aliphatic heterocycles. The fraction of sp³-hybridized carbons (Fsp3) is 0.417. The summed E-state index contributed by atoms with van der Waals surface area (Å²) in [5.41, 5.74) is 0.477. The van der Waals surface area contributed by atoms with Crippen LogP contribution in [0.3, 0.4) is 0 Å². The smallest absolute Gasteiger partial charge is 0.412 e. The summed E-state index contributed by atoms with van der Waals surface area (Å²) in [7, 11) is 0. The molecule has 1 amide bonds. The minimum absolute atomic E-state index is 0.000209. The van der Waals surface area contributed by atoms with Crippen LogP contribution in [0.1, 0.15) is 32.3 Å². The number of fused-ring (bicyclic) bond motifs is 1. The lowest BCUT2D eigenvalue weighted by Crippen LogP contribution is -2.38. The monoisotopic (exact) mass is 250 g/mol. The largest absolute Gasteiger partial charge is 0.438 e. The first kappa shape index (κ1) is 12.3. The van der Waals surface area contributed by atoms with Crippen molar-refractivity contribution in [3.63, 3.8) is 0 Å². The van der Waals surface area contributed by atoms with Crippen molar-refractivity contribution in [1.82, 2.24) is 0 Å². The van der Waals surface area contributed by atoms with E-state index in [9.17, 15) is 14.9 Å². The zero-order valence-corrected chi connectivity index (χ0v) is 10.2. The van der Waals surface area contributed by atoms with E-state index in [-0.39, 0.29) is 5.69 Å². The van der Waals surface area contributed by atoms with Crippen molar-refractivity contribution in [2.75, 3.05) is 5.32 Å². The summed E-state index contributed by atoms with van der Waals surface area (Å²) in [6, 6.07) is 4.40. The van der Waals surface area contributed by atoms with Gasteiger partial charge in [-0.15, -0.1) is 0 Å². The Morgan fingerprint density at radius 3 is 2.61 bits per heavy atom. The normalized spacial score (nSPS) is 16.4. The Morgan fingerprint density at radius 1 is 1.39 bits per heavy atom. The van der Waals surface area contributed by atoms with Crippen molar-refractivity contribution >= 4 is 17.5 Å². The van der Waals surface area contributed by atoms with E-state index in [4.69, 9.17) is 4.74 Å². The molecule has 96 valence electrons. The maximum atomic E-state index is 11.5. The number of carbonyl (C=O) groups is 1. The Labute approximate surface area is 104 Å². The zero-order valence-electron chi connectivity index (χ0n) is 10.2. The Bertz CT molecular complexity index is 509. The van der Waals surface area contributed by atoms with Crippen molar-refractivity contribution in [1.29, 1.82) is 0 Å². The first-order valence-electron chi connectivity index (χ1n) is 5.81. The maximum Gasteiger partial charge on any atom is 0.412 e. The highest BCUT2D eigenvalue weighted by atomic mass is 16.6. The van der Waals surface area contributed by atoms with E-state index in [2.05, 4.69) is 5.32 Å². The number of ether oxygens (including phenoxy) is 1. The minimum atomic E-state index is -0.774. The summed E-state index contributed by atoms with van der Waals surface area (Å²) in [4.78, 5) is 21.9. The third kappa shape index (κ3) is 1.79. The van der Waals surface area contributed by atoms with Crippen LogP contribution in [0.5, 0.6) is 0 Å². The van der Waals surface area contributed by atoms with E-state index in [0.29, 0.717) is 24.1 Å². The zero-order chi connectivity index (χ0) is 13.3. The van der Waals surface area contributed by atoms with Crippen molar-refractivity contribution in [2.45, 2.75) is 32.3 Å². The van der Waals surface area contributed by atoms with Gasteiger partial charge in [0.05, 0.1) is 10.6 Å². The molecule has 0 spiro atoms. The van der Waals surface area contributed by atoms with E-state index >= 15 is 0 Å². The average molecular weight is 250 g/mol. The summed E-state index contributed by atoms with van der Waals surface area (Å²) in [6.07, 6.45) is 0.635. The molecule has 1 aromatic rings. The van der Waals surface area contributed by atoms with Gasteiger partial charge in [-0.25, -0.2) is 4.79 Å². The van der Waals surface area contributed by atoms with Gasteiger partial charge in [0.15, 0.2) is 0 Å². The number of amides is 1. The van der Waals surface area contributed by atoms with Gasteiger partial charge in [-0.3, -0.25) is 15.4 Å². The van der Waals surface area contributed by atoms with Crippen LogP contribution in [0.25, 0.3) is 0 Å². The summed E-state index contributed by atoms with van der Waals surface area (Å²) >= 11 is 0. The molecule has 6 nitrogen and oxygen atoms in total. The summed E-state index contributed by atoms with van der Waals surface area (Å²) in [5, 5.41) is 13.4. The van der Waals surface area contributed by atoms with Gasteiger partial charge in [-0.05, 0) is 18.9 Å². The van der Waals surface area contributed by atoms with Gasteiger partial charge < -0.3 is 4.74 Å². The van der Waals surface area contributed by atoms with Crippen molar-refractivity contribution in [3.8, 4) is 0 Å². The highest BCUT2D eigenvalue weighted by Crippen LogP contribution is 2.42. The lowest BCUT2D eigenvalue weighted by Gasteiger charge is -2.37. The molecule has 1 aromatic carbocycles. The Kier molecular flexibility index (Phi) is 2.94. The third-order valence-corrected chi connectivity index (χ3v) is 3.37. The SMILES string of the molecule is CCC1(CC)OC(=O)Nc2ccc([N+](=O)[O-])cc21. The molecule has 1 aliphatic rings. The number of non-ortho nitro benzene ring substituents is 1. The molecule has 0 atom stereocenters. The summed E-state index contributed by atoms with van der Waals surface area (Å²) in [5.74, 6) is 0. The van der Waals surface area contributed by atoms with E-state index in [0.717, 1.165) is 0 Å². The van der Waals surface area contributed by atoms with Crippen molar-refractivity contribution in [2.24, 2.45) is 0 Å². The quantitative estimate of drug-likeness (QED) is 0.659. The van der Waals surface area contributed by atoms with Crippen LogP contribution < -0.4 is 5.32 Å². The number of rotatable bonds is 3. The molecule has 2 rings (SSSR count). The van der Waals surface area contributed by atoms with Crippen LogP contribution >= 0.6 is 0 Å². The molecule has 1 heterocycles. The average Bonchev–Trinajstić information content (AvgIpc) is 2.36. The number of carbonyl (C=O) groups excluding carboxylic acids is 1. The number of nitrogens with one attached hydrogen (secondary N) is 1. The fourth-order valence-corrected chi connectivity index (χ4v) is 2.27. The molecular weight excluding hydrogens is 236 g/mol. The molecule has 0 fully saturated rings. The van der Waals surface area contributed by atoms with E-state index < -0.39 is 16.6 Å². The number of anilines is 1. The number of nitrogens with zero attached hydrogens (tertiary/aromatic N) is 1. The second-order valence-corrected chi connectivity index (χ2v) is 4.20. The Balaban J connectivity index is 2.60. The van der Waals surface area contributed by atoms with Gasteiger partial charge in [0, 0.05) is 17.7 Å². The Hall–Kier alpha value is -2.11. The number of nitro benzene ring substituents is 1. The molecule has 0 unspecified atom stereocenters. The van der Waals surface area contributed by atoms with Gasteiger partial charge in [-0.1, -0.05) is 13.8 Å². The summed E-state index contributed by atoms with van der Waals surface area (Å²) < 4.78 is 5.36. The molecule has 0 saturated carbocycles. The predicted molar refractivity (Wildman–Crippen MR) is 65.5 cm³/mol. The van der Waals surface area contributed by atoms with Gasteiger partial charge in [0.1, 0.15) is 5.60 Å². The maximum absolute atomic E-state index is 11.5. The third-order valence-electron chi connectivity index (χ3n) is 3.37. The van der Waals surface area contributed by atoms with Gasteiger partial charge in [0.25, 0.3) is 5.69 Å². The van der Waals surface area contributed by atoms with Gasteiger partial charge in [0.2, 0.25) is 0 Å². The highest BCUT2D eigenvalue weighted by molar-refractivity contribution is 5.89. The fourth-order valence-electron chi connectivity index (χ4n) is 2.27. The van der Waals surface area contributed by atoms with Gasteiger partial charge in [-0.2, -0.15) is 0 Å². The number of cyclic esters (lactones) is 1. The molecule has 0 saturated heterocycles. The van der Waals surface area contributed by atoms with Crippen LogP contribution in [0.15, 0.2) is 18.2 Å². The predicted octanol–water partition coefficient (Wildman–Crippen LogP) is 3.17. The minimum Gasteiger partial charge on any atom is -0.438 e. The number of hydrogen-bond donors (Lipinski definition) is 1. The lowest BCUT2D eigenvalue weighted by molar-refractivity contribution is -0.385. The Morgan fingerprint density at radius 2 is 2.06 bits per heavy atom. The lowest BCUT2D eigenvalue weighted by atomic mass is 9.86. The van der Waals surface area contributed by atoms with Gasteiger partial charge >= 0.3 is 6.09 Å². The van der Waals surface area contributed by atoms with E-state index in [1.165, 1.54) is 12.1 Å². The topological polar surface area (TPSA) is 81.5 Å². The number of nitro groups is 1. The van der Waals surface area contributed by atoms with Crippen LogP contribution in [-0.2, 0) is 10.3 Å². The van der Waals surface area contributed by atoms with E-state index in [1.807, 2.05) is 13.8 Å². The van der Waals surface area contributed by atoms with E-state index in [1.54, 1.807) is 6.07 Å². The molecule has 0 aliphatic carbocycles. The molecule has 0 bridgehead atoms.